The third-order valence-electron chi connectivity index (χ3n) is 2.86. The van der Waals surface area contributed by atoms with Gasteiger partial charge < -0.3 is 10.6 Å². The molecule has 19 heavy (non-hydrogen) atoms. The highest BCUT2D eigenvalue weighted by Crippen LogP contribution is 2.09. The predicted octanol–water partition coefficient (Wildman–Crippen LogP) is 2.39. The summed E-state index contributed by atoms with van der Waals surface area (Å²) in [4.78, 5) is 11.5. The maximum atomic E-state index is 13.1. The van der Waals surface area contributed by atoms with Crippen LogP contribution in [0.15, 0.2) is 18.2 Å². The fourth-order valence-corrected chi connectivity index (χ4v) is 1.66. The van der Waals surface area contributed by atoms with Gasteiger partial charge in [0.05, 0.1) is 0 Å². The largest absolute Gasteiger partial charge is 0.356 e. The lowest BCUT2D eigenvalue weighted by Gasteiger charge is -2.09. The number of aryl methyl sites for hydroxylation is 1. The van der Waals surface area contributed by atoms with Gasteiger partial charge in [0.1, 0.15) is 5.82 Å². The molecule has 1 amide bonds. The van der Waals surface area contributed by atoms with Gasteiger partial charge in [-0.2, -0.15) is 0 Å². The van der Waals surface area contributed by atoms with Crippen molar-refractivity contribution in [2.24, 2.45) is 5.92 Å². The van der Waals surface area contributed by atoms with Crippen LogP contribution < -0.4 is 10.6 Å². The van der Waals surface area contributed by atoms with Crippen LogP contribution in [0.4, 0.5) is 4.39 Å². The molecule has 0 atom stereocenters. The van der Waals surface area contributed by atoms with Crippen LogP contribution in [0.3, 0.4) is 0 Å². The van der Waals surface area contributed by atoms with Crippen molar-refractivity contribution in [1.82, 2.24) is 10.6 Å². The Kier molecular flexibility index (Phi) is 6.50. The van der Waals surface area contributed by atoms with Gasteiger partial charge in [-0.1, -0.05) is 19.9 Å². The first-order valence-electron chi connectivity index (χ1n) is 6.71. The smallest absolute Gasteiger partial charge is 0.221 e. The number of carbonyl (C=O) groups is 1. The highest BCUT2D eigenvalue weighted by atomic mass is 19.1. The van der Waals surface area contributed by atoms with Crippen LogP contribution >= 0.6 is 0 Å². The monoisotopic (exact) mass is 266 g/mol. The van der Waals surface area contributed by atoms with Gasteiger partial charge in [-0.05, 0) is 36.1 Å². The summed E-state index contributed by atoms with van der Waals surface area (Å²) in [6, 6.07) is 4.75. The third kappa shape index (κ3) is 6.34. The Morgan fingerprint density at radius 3 is 2.79 bits per heavy atom. The number of hydrogen-bond donors (Lipinski definition) is 2. The topological polar surface area (TPSA) is 41.1 Å². The SMILES string of the molecule is Cc1ccc(F)cc1CNCCC(=O)NCC(C)C. The Balaban J connectivity index is 2.23. The average molecular weight is 266 g/mol. The first-order chi connectivity index (χ1) is 8.99. The van der Waals surface area contributed by atoms with Gasteiger partial charge in [0.15, 0.2) is 0 Å². The van der Waals surface area contributed by atoms with E-state index >= 15 is 0 Å². The quantitative estimate of drug-likeness (QED) is 0.744. The molecule has 0 aliphatic heterocycles. The van der Waals surface area contributed by atoms with Crippen molar-refractivity contribution in [1.29, 1.82) is 0 Å². The Labute approximate surface area is 114 Å². The summed E-state index contributed by atoms with van der Waals surface area (Å²) in [5.74, 6) is 0.293. The Bertz CT molecular complexity index is 419. The number of amides is 1. The molecule has 0 aliphatic carbocycles. The van der Waals surface area contributed by atoms with Crippen LogP contribution in [0.2, 0.25) is 0 Å². The lowest BCUT2D eigenvalue weighted by Crippen LogP contribution is -2.30. The number of carbonyl (C=O) groups excluding carboxylic acids is 1. The Morgan fingerprint density at radius 1 is 1.37 bits per heavy atom. The van der Waals surface area contributed by atoms with Crippen molar-refractivity contribution in [2.75, 3.05) is 13.1 Å². The van der Waals surface area contributed by atoms with E-state index in [4.69, 9.17) is 0 Å². The first kappa shape index (κ1) is 15.6. The van der Waals surface area contributed by atoms with Crippen molar-refractivity contribution in [3.8, 4) is 0 Å². The van der Waals surface area contributed by atoms with E-state index in [0.717, 1.165) is 11.1 Å². The fourth-order valence-electron chi connectivity index (χ4n) is 1.66. The van der Waals surface area contributed by atoms with E-state index in [1.165, 1.54) is 12.1 Å². The van der Waals surface area contributed by atoms with Gasteiger partial charge in [-0.15, -0.1) is 0 Å². The molecule has 0 saturated carbocycles. The normalized spacial score (nSPS) is 10.8. The van der Waals surface area contributed by atoms with E-state index in [1.807, 2.05) is 6.92 Å². The van der Waals surface area contributed by atoms with Crippen LogP contribution in [-0.4, -0.2) is 19.0 Å². The molecule has 0 aliphatic rings. The number of benzene rings is 1. The zero-order chi connectivity index (χ0) is 14.3. The minimum atomic E-state index is -0.225. The Hall–Kier alpha value is -1.42. The summed E-state index contributed by atoms with van der Waals surface area (Å²) < 4.78 is 13.1. The second-order valence-electron chi connectivity index (χ2n) is 5.20. The molecule has 0 fully saturated rings. The lowest BCUT2D eigenvalue weighted by atomic mass is 10.1. The molecule has 106 valence electrons. The molecule has 3 nitrogen and oxygen atoms in total. The number of hydrogen-bond acceptors (Lipinski definition) is 2. The minimum Gasteiger partial charge on any atom is -0.356 e. The Morgan fingerprint density at radius 2 is 2.11 bits per heavy atom. The maximum absolute atomic E-state index is 13.1. The molecule has 0 bridgehead atoms. The predicted molar refractivity (Wildman–Crippen MR) is 75.3 cm³/mol. The van der Waals surface area contributed by atoms with Crippen molar-refractivity contribution < 1.29 is 9.18 Å². The fraction of sp³-hybridized carbons (Fsp3) is 0.533. The zero-order valence-electron chi connectivity index (χ0n) is 11.9. The van der Waals surface area contributed by atoms with E-state index < -0.39 is 0 Å². The van der Waals surface area contributed by atoms with Crippen molar-refractivity contribution >= 4 is 5.91 Å². The van der Waals surface area contributed by atoms with Gasteiger partial charge in [-0.25, -0.2) is 4.39 Å². The van der Waals surface area contributed by atoms with Gasteiger partial charge in [0.2, 0.25) is 5.91 Å². The molecule has 4 heteroatoms. The van der Waals surface area contributed by atoms with E-state index in [-0.39, 0.29) is 11.7 Å². The van der Waals surface area contributed by atoms with Crippen LogP contribution in [0.1, 0.15) is 31.4 Å². The summed E-state index contributed by atoms with van der Waals surface area (Å²) in [5, 5.41) is 6.02. The zero-order valence-corrected chi connectivity index (χ0v) is 11.9. The van der Waals surface area contributed by atoms with E-state index in [2.05, 4.69) is 24.5 Å². The molecule has 0 radical (unpaired) electrons. The van der Waals surface area contributed by atoms with Crippen LogP contribution in [0.5, 0.6) is 0 Å². The van der Waals surface area contributed by atoms with E-state index in [9.17, 15) is 9.18 Å². The van der Waals surface area contributed by atoms with Gasteiger partial charge >= 0.3 is 0 Å². The number of nitrogens with one attached hydrogen (secondary N) is 2. The molecule has 1 rings (SSSR count). The highest BCUT2D eigenvalue weighted by molar-refractivity contribution is 5.76. The van der Waals surface area contributed by atoms with Gasteiger partial charge in [0, 0.05) is 26.1 Å². The summed E-state index contributed by atoms with van der Waals surface area (Å²) in [5.41, 5.74) is 1.99. The molecule has 2 N–H and O–H groups in total. The van der Waals surface area contributed by atoms with E-state index in [1.54, 1.807) is 6.07 Å². The molecule has 1 aromatic carbocycles. The van der Waals surface area contributed by atoms with Crippen molar-refractivity contribution in [2.45, 2.75) is 33.7 Å². The summed E-state index contributed by atoms with van der Waals surface area (Å²) in [7, 11) is 0. The summed E-state index contributed by atoms with van der Waals surface area (Å²) in [6.45, 7) is 7.96. The molecule has 1 aromatic rings. The molecular weight excluding hydrogens is 243 g/mol. The average Bonchev–Trinajstić information content (AvgIpc) is 2.36. The number of halogens is 1. The number of rotatable bonds is 7. The van der Waals surface area contributed by atoms with Crippen LogP contribution in [-0.2, 0) is 11.3 Å². The summed E-state index contributed by atoms with van der Waals surface area (Å²) >= 11 is 0. The second-order valence-corrected chi connectivity index (χ2v) is 5.20. The minimum absolute atomic E-state index is 0.0529. The van der Waals surface area contributed by atoms with Gasteiger partial charge in [0.25, 0.3) is 0 Å². The second kappa shape index (κ2) is 7.89. The van der Waals surface area contributed by atoms with Crippen molar-refractivity contribution in [3.05, 3.63) is 35.1 Å². The molecule has 0 unspecified atom stereocenters. The molecule has 0 aromatic heterocycles. The molecule has 0 spiro atoms. The van der Waals surface area contributed by atoms with E-state index in [0.29, 0.717) is 32.0 Å². The molecule has 0 heterocycles. The lowest BCUT2D eigenvalue weighted by molar-refractivity contribution is -0.121. The molecule has 0 saturated heterocycles. The van der Waals surface area contributed by atoms with Gasteiger partial charge in [-0.3, -0.25) is 4.79 Å². The highest BCUT2D eigenvalue weighted by Gasteiger charge is 2.03. The summed E-state index contributed by atoms with van der Waals surface area (Å²) in [6.07, 6.45) is 0.446. The van der Waals surface area contributed by atoms with Crippen molar-refractivity contribution in [3.63, 3.8) is 0 Å². The third-order valence-corrected chi connectivity index (χ3v) is 2.86. The van der Waals surface area contributed by atoms with Crippen LogP contribution in [0, 0.1) is 18.7 Å². The first-order valence-corrected chi connectivity index (χ1v) is 6.71. The van der Waals surface area contributed by atoms with Crippen LogP contribution in [0.25, 0.3) is 0 Å². The maximum Gasteiger partial charge on any atom is 0.221 e. The molecular formula is C15H23FN2O. The standard InChI is InChI=1S/C15H23FN2O/c1-11(2)9-18-15(19)6-7-17-10-13-8-14(16)5-4-12(13)3/h4-5,8,11,17H,6-7,9-10H2,1-3H3,(H,18,19).